The largest absolute Gasteiger partial charge is 0.480 e. The molecular formula is C11H12FIN2O4. The van der Waals surface area contributed by atoms with E-state index in [9.17, 15) is 14.0 Å². The molecule has 1 aromatic carbocycles. The quantitative estimate of drug-likeness (QED) is 0.579. The highest BCUT2D eigenvalue weighted by atomic mass is 127. The number of nitrogens with one attached hydrogen (secondary N) is 2. The van der Waals surface area contributed by atoms with Crippen LogP contribution in [0.2, 0.25) is 0 Å². The van der Waals surface area contributed by atoms with Gasteiger partial charge in [0, 0.05) is 16.6 Å². The van der Waals surface area contributed by atoms with Gasteiger partial charge < -0.3 is 20.8 Å². The SMILES string of the molecule is O=C(Nc1ccc(F)cc1I)N[C@@H](CCO)C(=O)O. The lowest BCUT2D eigenvalue weighted by Crippen LogP contribution is -2.43. The predicted molar refractivity (Wildman–Crippen MR) is 74.4 cm³/mol. The first-order chi connectivity index (χ1) is 8.93. The first-order valence-corrected chi connectivity index (χ1v) is 6.38. The number of carboxylic acids is 1. The summed E-state index contributed by atoms with van der Waals surface area (Å²) in [5, 5.41) is 22.1. The summed E-state index contributed by atoms with van der Waals surface area (Å²) in [6.07, 6.45) is -0.0940. The van der Waals surface area contributed by atoms with E-state index in [0.29, 0.717) is 9.26 Å². The molecule has 0 bridgehead atoms. The van der Waals surface area contributed by atoms with Crippen LogP contribution >= 0.6 is 22.6 Å². The van der Waals surface area contributed by atoms with Gasteiger partial charge in [0.15, 0.2) is 0 Å². The Bertz CT molecular complexity index is 484. The van der Waals surface area contributed by atoms with Gasteiger partial charge in [-0.25, -0.2) is 14.0 Å². The molecule has 0 radical (unpaired) electrons. The number of urea groups is 1. The van der Waals surface area contributed by atoms with Crippen molar-refractivity contribution in [1.82, 2.24) is 5.32 Å². The molecule has 4 N–H and O–H groups in total. The summed E-state index contributed by atoms with van der Waals surface area (Å²) in [4.78, 5) is 22.4. The highest BCUT2D eigenvalue weighted by molar-refractivity contribution is 14.1. The molecule has 0 spiro atoms. The van der Waals surface area contributed by atoms with Gasteiger partial charge in [0.1, 0.15) is 11.9 Å². The number of anilines is 1. The Morgan fingerprint density at radius 1 is 1.42 bits per heavy atom. The summed E-state index contributed by atoms with van der Waals surface area (Å²) in [6, 6.07) is 1.88. The molecule has 19 heavy (non-hydrogen) atoms. The van der Waals surface area contributed by atoms with Crippen LogP contribution in [0.5, 0.6) is 0 Å². The first-order valence-electron chi connectivity index (χ1n) is 5.30. The minimum absolute atomic E-state index is 0.0940. The van der Waals surface area contributed by atoms with Gasteiger partial charge >= 0.3 is 12.0 Å². The van der Waals surface area contributed by atoms with Gasteiger partial charge in [-0.3, -0.25) is 0 Å². The number of carbonyl (C=O) groups is 2. The van der Waals surface area contributed by atoms with Crippen molar-refractivity contribution in [1.29, 1.82) is 0 Å². The van der Waals surface area contributed by atoms with E-state index in [2.05, 4.69) is 10.6 Å². The Kier molecular flexibility index (Phi) is 5.96. The van der Waals surface area contributed by atoms with Crippen molar-refractivity contribution >= 4 is 40.3 Å². The molecule has 0 aliphatic rings. The zero-order chi connectivity index (χ0) is 14.4. The maximum Gasteiger partial charge on any atom is 0.326 e. The van der Waals surface area contributed by atoms with Crippen LogP contribution in [-0.4, -0.2) is 34.9 Å². The van der Waals surface area contributed by atoms with Gasteiger partial charge in [-0.15, -0.1) is 0 Å². The normalized spacial score (nSPS) is 11.7. The summed E-state index contributed by atoms with van der Waals surface area (Å²) in [7, 11) is 0. The van der Waals surface area contributed by atoms with Crippen LogP contribution in [0.4, 0.5) is 14.9 Å². The molecule has 8 heteroatoms. The lowest BCUT2D eigenvalue weighted by molar-refractivity contribution is -0.139. The van der Waals surface area contributed by atoms with E-state index in [1.54, 1.807) is 0 Å². The fourth-order valence-electron chi connectivity index (χ4n) is 1.29. The fraction of sp³-hybridized carbons (Fsp3) is 0.273. The van der Waals surface area contributed by atoms with Crippen LogP contribution in [0.1, 0.15) is 6.42 Å². The van der Waals surface area contributed by atoms with Crippen molar-refractivity contribution in [2.75, 3.05) is 11.9 Å². The molecule has 0 aliphatic heterocycles. The minimum Gasteiger partial charge on any atom is -0.480 e. The van der Waals surface area contributed by atoms with E-state index in [-0.39, 0.29) is 13.0 Å². The van der Waals surface area contributed by atoms with E-state index in [0.717, 1.165) is 0 Å². The average Bonchev–Trinajstić information content (AvgIpc) is 2.32. The third-order valence-electron chi connectivity index (χ3n) is 2.20. The zero-order valence-corrected chi connectivity index (χ0v) is 11.8. The molecule has 0 aliphatic carbocycles. The smallest absolute Gasteiger partial charge is 0.326 e. The zero-order valence-electron chi connectivity index (χ0n) is 9.69. The monoisotopic (exact) mass is 382 g/mol. The second-order valence-electron chi connectivity index (χ2n) is 3.63. The molecule has 1 rings (SSSR count). The number of aliphatic hydroxyl groups excluding tert-OH is 1. The van der Waals surface area contributed by atoms with E-state index in [1.807, 2.05) is 22.6 Å². The van der Waals surface area contributed by atoms with Crippen molar-refractivity contribution in [3.63, 3.8) is 0 Å². The van der Waals surface area contributed by atoms with Gasteiger partial charge in [0.25, 0.3) is 0 Å². The Morgan fingerprint density at radius 3 is 2.63 bits per heavy atom. The van der Waals surface area contributed by atoms with E-state index >= 15 is 0 Å². The summed E-state index contributed by atoms with van der Waals surface area (Å²) in [6.45, 7) is -0.356. The predicted octanol–water partition coefficient (Wildman–Crippen LogP) is 1.39. The molecule has 0 heterocycles. The van der Waals surface area contributed by atoms with Crippen molar-refractivity contribution in [3.8, 4) is 0 Å². The van der Waals surface area contributed by atoms with Crippen LogP contribution in [0.3, 0.4) is 0 Å². The summed E-state index contributed by atoms with van der Waals surface area (Å²) < 4.78 is 13.4. The number of hydrogen-bond acceptors (Lipinski definition) is 3. The number of halogens is 2. The molecule has 2 amide bonds. The van der Waals surface area contributed by atoms with Crippen LogP contribution in [-0.2, 0) is 4.79 Å². The molecule has 1 atom stereocenters. The van der Waals surface area contributed by atoms with Crippen molar-refractivity contribution in [2.45, 2.75) is 12.5 Å². The first kappa shape index (κ1) is 15.6. The van der Waals surface area contributed by atoms with Crippen molar-refractivity contribution < 1.29 is 24.2 Å². The van der Waals surface area contributed by atoms with Crippen LogP contribution in [0.15, 0.2) is 18.2 Å². The maximum absolute atomic E-state index is 12.9. The van der Waals surface area contributed by atoms with Crippen molar-refractivity contribution in [2.24, 2.45) is 0 Å². The topological polar surface area (TPSA) is 98.7 Å². The van der Waals surface area contributed by atoms with E-state index in [4.69, 9.17) is 10.2 Å². The molecule has 0 saturated carbocycles. The average molecular weight is 382 g/mol. The Balaban J connectivity index is 2.66. The maximum atomic E-state index is 12.9. The van der Waals surface area contributed by atoms with Gasteiger partial charge in [0.2, 0.25) is 0 Å². The Hall–Kier alpha value is -1.42. The minimum atomic E-state index is -1.24. The summed E-state index contributed by atoms with van der Waals surface area (Å²) in [5.74, 6) is -1.67. The number of carboxylic acid groups (broad SMARTS) is 1. The number of amides is 2. The molecule has 0 aromatic heterocycles. The van der Waals surface area contributed by atoms with Gasteiger partial charge in [-0.2, -0.15) is 0 Å². The fourth-order valence-corrected chi connectivity index (χ4v) is 1.91. The Labute approximate surface area is 122 Å². The molecular weight excluding hydrogens is 370 g/mol. The molecule has 0 saturated heterocycles. The van der Waals surface area contributed by atoms with Crippen LogP contribution < -0.4 is 10.6 Å². The number of aliphatic hydroxyl groups is 1. The number of aliphatic carboxylic acids is 1. The lowest BCUT2D eigenvalue weighted by Gasteiger charge is -2.14. The molecule has 104 valence electrons. The summed E-state index contributed by atoms with van der Waals surface area (Å²) in [5.41, 5.74) is 0.368. The van der Waals surface area contributed by atoms with Gasteiger partial charge in [0.05, 0.1) is 5.69 Å². The highest BCUT2D eigenvalue weighted by Crippen LogP contribution is 2.18. The number of benzene rings is 1. The molecule has 0 unspecified atom stereocenters. The van der Waals surface area contributed by atoms with Gasteiger partial charge in [-0.05, 0) is 40.8 Å². The third-order valence-corrected chi connectivity index (χ3v) is 3.09. The Morgan fingerprint density at radius 2 is 2.11 bits per heavy atom. The highest BCUT2D eigenvalue weighted by Gasteiger charge is 2.19. The number of rotatable bonds is 5. The van der Waals surface area contributed by atoms with Crippen LogP contribution in [0.25, 0.3) is 0 Å². The second kappa shape index (κ2) is 7.24. The lowest BCUT2D eigenvalue weighted by atomic mass is 10.2. The standard InChI is InChI=1S/C11H12FIN2O4/c12-6-1-2-8(7(13)5-6)14-11(19)15-9(3-4-16)10(17)18/h1-2,5,9,16H,3-4H2,(H,17,18)(H2,14,15,19)/t9-/m0/s1. The third kappa shape index (κ3) is 4.99. The molecule has 0 fully saturated rings. The molecule has 6 nitrogen and oxygen atoms in total. The summed E-state index contributed by atoms with van der Waals surface area (Å²) >= 11 is 1.84. The molecule has 1 aromatic rings. The van der Waals surface area contributed by atoms with Crippen LogP contribution in [0, 0.1) is 9.39 Å². The number of carbonyl (C=O) groups excluding carboxylic acids is 1. The second-order valence-corrected chi connectivity index (χ2v) is 4.79. The number of hydrogen-bond donors (Lipinski definition) is 4. The van der Waals surface area contributed by atoms with E-state index in [1.165, 1.54) is 18.2 Å². The van der Waals surface area contributed by atoms with E-state index < -0.39 is 23.9 Å². The van der Waals surface area contributed by atoms with Crippen molar-refractivity contribution in [3.05, 3.63) is 27.6 Å². The van der Waals surface area contributed by atoms with Gasteiger partial charge in [-0.1, -0.05) is 0 Å².